The average Bonchev–Trinajstić information content (AvgIpc) is 2.98. The van der Waals surface area contributed by atoms with Crippen molar-refractivity contribution in [2.24, 2.45) is 0 Å². The molecule has 7 nitrogen and oxygen atoms in total. The SMILES string of the molecule is COc1cccc(/C=C(\C#N)C(=O)Nc2ccc3c(c2)C(=O)c2ccccc2C3=O)c1OCc1ccccc1Cl. The zero-order valence-electron chi connectivity index (χ0n) is 21.2. The molecule has 5 rings (SSSR count). The smallest absolute Gasteiger partial charge is 0.266 e. The molecule has 0 saturated heterocycles. The fourth-order valence-corrected chi connectivity index (χ4v) is 4.60. The molecule has 0 saturated carbocycles. The largest absolute Gasteiger partial charge is 0.493 e. The molecular weight excluding hydrogens is 528 g/mol. The second kappa shape index (κ2) is 11.3. The normalized spacial score (nSPS) is 12.2. The van der Waals surface area contributed by atoms with E-state index in [1.54, 1.807) is 48.5 Å². The number of benzene rings is 4. The fraction of sp³-hybridized carbons (Fsp3) is 0.0625. The van der Waals surface area contributed by atoms with Gasteiger partial charge in [0.25, 0.3) is 5.91 Å². The molecule has 0 heterocycles. The molecule has 0 aliphatic heterocycles. The Morgan fingerprint density at radius 3 is 2.27 bits per heavy atom. The Balaban J connectivity index is 1.41. The van der Waals surface area contributed by atoms with Gasteiger partial charge in [0.1, 0.15) is 18.2 Å². The van der Waals surface area contributed by atoms with E-state index in [2.05, 4.69) is 5.32 Å². The number of para-hydroxylation sites is 1. The molecule has 0 aromatic heterocycles. The molecule has 1 aliphatic carbocycles. The quantitative estimate of drug-likeness (QED) is 0.190. The number of fused-ring (bicyclic) bond motifs is 2. The predicted molar refractivity (Wildman–Crippen MR) is 151 cm³/mol. The summed E-state index contributed by atoms with van der Waals surface area (Å²) in [4.78, 5) is 39.0. The fourth-order valence-electron chi connectivity index (χ4n) is 4.41. The van der Waals surface area contributed by atoms with Crippen LogP contribution >= 0.6 is 11.6 Å². The molecular formula is C32H21ClN2O5. The van der Waals surface area contributed by atoms with Gasteiger partial charge in [-0.25, -0.2) is 0 Å². The van der Waals surface area contributed by atoms with Crippen LogP contribution in [0.1, 0.15) is 43.0 Å². The van der Waals surface area contributed by atoms with Crippen molar-refractivity contribution in [1.29, 1.82) is 5.26 Å². The lowest BCUT2D eigenvalue weighted by Crippen LogP contribution is -2.21. The van der Waals surface area contributed by atoms with Crippen molar-refractivity contribution >= 4 is 40.8 Å². The highest BCUT2D eigenvalue weighted by atomic mass is 35.5. The number of ether oxygens (including phenoxy) is 2. The molecule has 0 bridgehead atoms. The first-order chi connectivity index (χ1) is 19.4. The molecule has 40 heavy (non-hydrogen) atoms. The molecule has 0 atom stereocenters. The minimum absolute atomic E-state index is 0.139. The van der Waals surface area contributed by atoms with Crippen molar-refractivity contribution in [1.82, 2.24) is 0 Å². The van der Waals surface area contributed by atoms with Crippen LogP contribution in [0.5, 0.6) is 11.5 Å². The van der Waals surface area contributed by atoms with Gasteiger partial charge in [-0.3, -0.25) is 14.4 Å². The van der Waals surface area contributed by atoms with Crippen LogP contribution in [0.3, 0.4) is 0 Å². The Hall–Kier alpha value is -5.19. The molecule has 0 unspecified atom stereocenters. The van der Waals surface area contributed by atoms with E-state index in [1.165, 1.54) is 31.4 Å². The van der Waals surface area contributed by atoms with Gasteiger partial charge in [-0.15, -0.1) is 0 Å². The molecule has 4 aromatic rings. The molecule has 8 heteroatoms. The lowest BCUT2D eigenvalue weighted by Gasteiger charge is -2.18. The summed E-state index contributed by atoms with van der Waals surface area (Å²) in [5.41, 5.74) is 2.36. The number of amides is 1. The number of halogens is 1. The number of anilines is 1. The second-order valence-corrected chi connectivity index (χ2v) is 9.25. The first-order valence-electron chi connectivity index (χ1n) is 12.2. The number of hydrogen-bond donors (Lipinski definition) is 1. The average molecular weight is 549 g/mol. The number of carbonyl (C=O) groups excluding carboxylic acids is 3. The summed E-state index contributed by atoms with van der Waals surface area (Å²) < 4.78 is 11.5. The summed E-state index contributed by atoms with van der Waals surface area (Å²) in [5.74, 6) is -0.520. The minimum Gasteiger partial charge on any atom is -0.493 e. The third-order valence-electron chi connectivity index (χ3n) is 6.41. The number of hydrogen-bond acceptors (Lipinski definition) is 6. The van der Waals surface area contributed by atoms with Crippen LogP contribution in [0.4, 0.5) is 5.69 Å². The van der Waals surface area contributed by atoms with Crippen molar-refractivity contribution < 1.29 is 23.9 Å². The van der Waals surface area contributed by atoms with Gasteiger partial charge in [-0.2, -0.15) is 5.26 Å². The first kappa shape index (κ1) is 26.4. The van der Waals surface area contributed by atoms with E-state index in [4.69, 9.17) is 21.1 Å². The topological polar surface area (TPSA) is 105 Å². The number of nitrogens with zero attached hydrogens (tertiary/aromatic N) is 1. The molecule has 1 aliphatic rings. The summed E-state index contributed by atoms with van der Waals surface area (Å²) in [6, 6.07) is 25.3. The highest BCUT2D eigenvalue weighted by Gasteiger charge is 2.29. The highest BCUT2D eigenvalue weighted by molar-refractivity contribution is 6.31. The zero-order chi connectivity index (χ0) is 28.2. The molecule has 0 fully saturated rings. The Kier molecular flexibility index (Phi) is 7.45. The van der Waals surface area contributed by atoms with Gasteiger partial charge in [0.05, 0.1) is 7.11 Å². The first-order valence-corrected chi connectivity index (χ1v) is 12.6. The molecule has 0 spiro atoms. The lowest BCUT2D eigenvalue weighted by atomic mass is 9.84. The molecule has 4 aromatic carbocycles. The lowest BCUT2D eigenvalue weighted by molar-refractivity contribution is -0.112. The zero-order valence-corrected chi connectivity index (χ0v) is 22.0. The van der Waals surface area contributed by atoms with Crippen LogP contribution in [0.2, 0.25) is 5.02 Å². The van der Waals surface area contributed by atoms with Crippen LogP contribution in [0, 0.1) is 11.3 Å². The summed E-state index contributed by atoms with van der Waals surface area (Å²) >= 11 is 6.26. The van der Waals surface area contributed by atoms with Crippen LogP contribution < -0.4 is 14.8 Å². The van der Waals surface area contributed by atoms with E-state index in [9.17, 15) is 19.6 Å². The van der Waals surface area contributed by atoms with Crippen molar-refractivity contribution in [3.05, 3.63) is 129 Å². The predicted octanol–water partition coefficient (Wildman–Crippen LogP) is 6.25. The van der Waals surface area contributed by atoms with Crippen LogP contribution in [0.25, 0.3) is 6.08 Å². The Morgan fingerprint density at radius 1 is 0.900 bits per heavy atom. The Labute approximate surface area is 235 Å². The van der Waals surface area contributed by atoms with E-state index in [0.29, 0.717) is 33.2 Å². The van der Waals surface area contributed by atoms with Crippen molar-refractivity contribution in [3.8, 4) is 17.6 Å². The van der Waals surface area contributed by atoms with Crippen LogP contribution in [-0.2, 0) is 11.4 Å². The van der Waals surface area contributed by atoms with E-state index < -0.39 is 5.91 Å². The number of nitriles is 1. The number of methoxy groups -OCH3 is 1. The van der Waals surface area contributed by atoms with E-state index >= 15 is 0 Å². The van der Waals surface area contributed by atoms with Crippen molar-refractivity contribution in [2.45, 2.75) is 6.61 Å². The Bertz CT molecular complexity index is 1750. The molecule has 0 radical (unpaired) electrons. The highest BCUT2D eigenvalue weighted by Crippen LogP contribution is 2.34. The van der Waals surface area contributed by atoms with Gasteiger partial charge in [-0.05, 0) is 36.4 Å². The summed E-state index contributed by atoms with van der Waals surface area (Å²) in [7, 11) is 1.49. The number of nitrogens with one attached hydrogen (secondary N) is 1. The maximum Gasteiger partial charge on any atom is 0.266 e. The van der Waals surface area contributed by atoms with Gasteiger partial charge in [-0.1, -0.05) is 66.2 Å². The monoisotopic (exact) mass is 548 g/mol. The summed E-state index contributed by atoms with van der Waals surface area (Å²) in [6.45, 7) is 0.139. The van der Waals surface area contributed by atoms with E-state index in [1.807, 2.05) is 24.3 Å². The van der Waals surface area contributed by atoms with E-state index in [0.717, 1.165) is 5.56 Å². The van der Waals surface area contributed by atoms with Crippen molar-refractivity contribution in [2.75, 3.05) is 12.4 Å². The van der Waals surface area contributed by atoms with Gasteiger partial charge >= 0.3 is 0 Å². The minimum atomic E-state index is -0.697. The third kappa shape index (κ3) is 5.08. The maximum atomic E-state index is 13.1. The third-order valence-corrected chi connectivity index (χ3v) is 6.78. The standard InChI is InChI=1S/C32H21ClN2O5/c1-39-28-12-6-8-19(31(28)40-18-20-7-2-5-11-27(20)33)15-21(17-34)32(38)35-22-13-14-25-26(16-22)30(37)24-10-4-3-9-23(24)29(25)36/h2-16H,18H2,1H3,(H,35,38)/b21-15+. The number of carbonyl (C=O) groups is 3. The van der Waals surface area contributed by atoms with Crippen molar-refractivity contribution in [3.63, 3.8) is 0 Å². The maximum absolute atomic E-state index is 13.1. The number of ketones is 2. The van der Waals surface area contributed by atoms with Gasteiger partial charge in [0, 0.05) is 44.1 Å². The van der Waals surface area contributed by atoms with Crippen LogP contribution in [-0.4, -0.2) is 24.6 Å². The van der Waals surface area contributed by atoms with Gasteiger partial charge < -0.3 is 14.8 Å². The summed E-state index contributed by atoms with van der Waals surface area (Å²) in [5, 5.41) is 13.0. The summed E-state index contributed by atoms with van der Waals surface area (Å²) in [6.07, 6.45) is 1.39. The Morgan fingerprint density at radius 2 is 1.57 bits per heavy atom. The molecule has 1 N–H and O–H groups in total. The molecule has 196 valence electrons. The van der Waals surface area contributed by atoms with E-state index in [-0.39, 0.29) is 40.6 Å². The molecule has 1 amide bonds. The second-order valence-electron chi connectivity index (χ2n) is 8.85. The van der Waals surface area contributed by atoms with Gasteiger partial charge in [0.2, 0.25) is 0 Å². The number of rotatable bonds is 7. The van der Waals surface area contributed by atoms with Crippen LogP contribution in [0.15, 0.2) is 90.5 Å². The van der Waals surface area contributed by atoms with Gasteiger partial charge in [0.15, 0.2) is 23.1 Å².